The van der Waals surface area contributed by atoms with Crippen LogP contribution in [0.15, 0.2) is 39.9 Å². The SMILES string of the molecule is C=C1[C@H](NC(=O)/C(=N\OCc2cc(=O)c(O)cn2O)c2csc(N)n2)C(=O)N1OS(=O)(=O)O. The molecule has 0 unspecified atom stereocenters. The van der Waals surface area contributed by atoms with E-state index in [9.17, 15) is 33.1 Å². The van der Waals surface area contributed by atoms with Crippen LogP contribution in [0.1, 0.15) is 11.4 Å². The topological polar surface area (TPSA) is 236 Å². The van der Waals surface area contributed by atoms with E-state index in [0.717, 1.165) is 23.6 Å². The highest BCUT2D eigenvalue weighted by atomic mass is 32.3. The molecule has 1 saturated heterocycles. The lowest BCUT2D eigenvalue weighted by molar-refractivity contribution is -0.168. The maximum absolute atomic E-state index is 12.7. The number of oxime groups is 1. The van der Waals surface area contributed by atoms with E-state index in [1.807, 2.05) is 0 Å². The van der Waals surface area contributed by atoms with Gasteiger partial charge in [-0.05, 0) is 0 Å². The number of nitrogens with two attached hydrogens (primary N) is 1. The second-order valence-electron chi connectivity index (χ2n) is 6.18. The van der Waals surface area contributed by atoms with E-state index >= 15 is 0 Å². The molecule has 1 atom stereocenters. The zero-order chi connectivity index (χ0) is 24.5. The lowest BCUT2D eigenvalue weighted by Gasteiger charge is -2.37. The van der Waals surface area contributed by atoms with Crippen LogP contribution in [0.5, 0.6) is 5.75 Å². The molecule has 0 saturated carbocycles. The first-order valence-electron chi connectivity index (χ1n) is 8.43. The number of thiazole rings is 1. The van der Waals surface area contributed by atoms with Gasteiger partial charge < -0.3 is 26.2 Å². The highest BCUT2D eigenvalue weighted by Gasteiger charge is 2.46. The molecule has 18 heteroatoms. The number of pyridine rings is 1. The summed E-state index contributed by atoms with van der Waals surface area (Å²) >= 11 is 0.962. The molecule has 2 aromatic heterocycles. The van der Waals surface area contributed by atoms with E-state index in [4.69, 9.17) is 15.1 Å². The Morgan fingerprint density at radius 3 is 2.70 bits per heavy atom. The first-order chi connectivity index (χ1) is 15.4. The summed E-state index contributed by atoms with van der Waals surface area (Å²) < 4.78 is 34.6. The Morgan fingerprint density at radius 2 is 2.12 bits per heavy atom. The van der Waals surface area contributed by atoms with Crippen LogP contribution >= 0.6 is 11.3 Å². The van der Waals surface area contributed by atoms with Crippen LogP contribution in [0.3, 0.4) is 0 Å². The minimum atomic E-state index is -5.00. The third-order valence-electron chi connectivity index (χ3n) is 3.92. The van der Waals surface area contributed by atoms with E-state index in [2.05, 4.69) is 26.3 Å². The molecular weight excluding hydrogens is 488 g/mol. The Balaban J connectivity index is 1.77. The van der Waals surface area contributed by atoms with Gasteiger partial charge in [-0.2, -0.15) is 18.2 Å². The Morgan fingerprint density at radius 1 is 1.42 bits per heavy atom. The molecule has 0 radical (unpaired) electrons. The van der Waals surface area contributed by atoms with Crippen molar-refractivity contribution in [2.45, 2.75) is 12.6 Å². The largest absolute Gasteiger partial charge is 0.503 e. The molecule has 2 amide bonds. The number of aromatic nitrogens is 2. The molecule has 0 bridgehead atoms. The average Bonchev–Trinajstić information content (AvgIpc) is 3.16. The molecule has 176 valence electrons. The van der Waals surface area contributed by atoms with Crippen LogP contribution in [0.2, 0.25) is 0 Å². The van der Waals surface area contributed by atoms with Crippen molar-refractivity contribution in [2.75, 3.05) is 5.73 Å². The van der Waals surface area contributed by atoms with Gasteiger partial charge in [0.05, 0.1) is 11.9 Å². The van der Waals surface area contributed by atoms with Crippen LogP contribution in [0.4, 0.5) is 5.13 Å². The molecule has 33 heavy (non-hydrogen) atoms. The summed E-state index contributed by atoms with van der Waals surface area (Å²) in [5.74, 6) is -2.78. The lowest BCUT2D eigenvalue weighted by Crippen LogP contribution is -2.62. The van der Waals surface area contributed by atoms with E-state index < -0.39 is 51.8 Å². The molecule has 0 aromatic carbocycles. The summed E-state index contributed by atoms with van der Waals surface area (Å²) in [7, 11) is -5.00. The number of carbonyl (C=O) groups is 2. The van der Waals surface area contributed by atoms with Gasteiger partial charge in [0, 0.05) is 11.4 Å². The molecule has 3 rings (SSSR count). The van der Waals surface area contributed by atoms with Gasteiger partial charge in [-0.25, -0.2) is 4.98 Å². The molecular formula is C15H14N6O10S2. The summed E-state index contributed by atoms with van der Waals surface area (Å²) in [5, 5.41) is 26.4. The smallest absolute Gasteiger partial charge is 0.418 e. The second-order valence-corrected chi connectivity index (χ2v) is 8.07. The van der Waals surface area contributed by atoms with Crippen molar-refractivity contribution in [1.29, 1.82) is 0 Å². The Hall–Kier alpha value is -4.00. The number of nitrogens with zero attached hydrogens (tertiary/aromatic N) is 4. The van der Waals surface area contributed by atoms with Gasteiger partial charge in [-0.15, -0.1) is 15.6 Å². The molecule has 2 aromatic rings. The number of hydrogen-bond acceptors (Lipinski definition) is 13. The average molecular weight is 502 g/mol. The minimum Gasteiger partial charge on any atom is -0.503 e. The van der Waals surface area contributed by atoms with Gasteiger partial charge in [0.2, 0.25) is 5.43 Å². The van der Waals surface area contributed by atoms with Gasteiger partial charge in [-0.1, -0.05) is 11.7 Å². The number of carbonyl (C=O) groups excluding carboxylic acids is 2. The zero-order valence-electron chi connectivity index (χ0n) is 16.1. The van der Waals surface area contributed by atoms with E-state index in [1.54, 1.807) is 0 Å². The Bertz CT molecular complexity index is 1310. The van der Waals surface area contributed by atoms with Crippen LogP contribution in [0.25, 0.3) is 0 Å². The number of β-lactam (4-membered cyclic amide) rings is 1. The van der Waals surface area contributed by atoms with Crippen LogP contribution < -0.4 is 16.5 Å². The molecule has 1 aliphatic rings. The van der Waals surface area contributed by atoms with E-state index in [-0.39, 0.29) is 27.3 Å². The first kappa shape index (κ1) is 23.7. The molecule has 3 heterocycles. The number of amides is 2. The zero-order valence-corrected chi connectivity index (χ0v) is 17.7. The lowest BCUT2D eigenvalue weighted by atomic mass is 10.1. The van der Waals surface area contributed by atoms with Gasteiger partial charge in [0.25, 0.3) is 11.8 Å². The second kappa shape index (κ2) is 8.86. The third-order valence-corrected chi connectivity index (χ3v) is 4.93. The van der Waals surface area contributed by atoms with Gasteiger partial charge >= 0.3 is 10.4 Å². The van der Waals surface area contributed by atoms with Crippen molar-refractivity contribution < 1.29 is 42.0 Å². The summed E-state index contributed by atoms with van der Waals surface area (Å²) in [6, 6.07) is -0.549. The molecule has 6 N–H and O–H groups in total. The number of hydroxylamine groups is 2. The molecule has 0 spiro atoms. The van der Waals surface area contributed by atoms with Gasteiger partial charge in [0.1, 0.15) is 11.4 Å². The fraction of sp³-hybridized carbons (Fsp3) is 0.133. The highest BCUT2D eigenvalue weighted by molar-refractivity contribution is 7.80. The predicted octanol–water partition coefficient (Wildman–Crippen LogP) is -1.67. The number of rotatable bonds is 8. The van der Waals surface area contributed by atoms with Crippen molar-refractivity contribution in [3.05, 3.63) is 51.5 Å². The van der Waals surface area contributed by atoms with Crippen LogP contribution in [-0.2, 0) is 35.7 Å². The van der Waals surface area contributed by atoms with Crippen molar-refractivity contribution in [2.24, 2.45) is 5.16 Å². The van der Waals surface area contributed by atoms with E-state index in [0.29, 0.717) is 4.73 Å². The number of hydrogen-bond donors (Lipinski definition) is 5. The highest BCUT2D eigenvalue weighted by Crippen LogP contribution is 2.24. The maximum Gasteiger partial charge on any atom is 0.418 e. The first-order valence-corrected chi connectivity index (χ1v) is 10.7. The predicted molar refractivity (Wildman–Crippen MR) is 108 cm³/mol. The summed E-state index contributed by atoms with van der Waals surface area (Å²) in [6.45, 7) is 2.86. The molecule has 16 nitrogen and oxygen atoms in total. The fourth-order valence-electron chi connectivity index (χ4n) is 2.40. The Kier molecular flexibility index (Phi) is 6.35. The van der Waals surface area contributed by atoms with Crippen molar-refractivity contribution in [1.82, 2.24) is 20.1 Å². The molecule has 1 aliphatic heterocycles. The minimum absolute atomic E-state index is 0.0504. The van der Waals surface area contributed by atoms with Crippen LogP contribution in [-0.4, -0.2) is 61.6 Å². The number of nitrogens with one attached hydrogen (secondary N) is 1. The Labute approximate surface area is 187 Å². The maximum atomic E-state index is 12.7. The summed E-state index contributed by atoms with van der Waals surface area (Å²) in [5.41, 5.74) is 3.81. The standard InChI is InChI=1S/C15H14N6O10S2/c1-6-11(14(25)21(6)31-33(27,28)29)18-13(24)12(8-5-32-15(16)17-8)19-30-4-7-2-9(22)10(23)3-20(7)26/h2-3,5,11,23,26H,1,4H2,(H2,16,17)(H,18,24)(H,27,28,29)/b19-12-/t11-/m0/s1. The summed E-state index contributed by atoms with van der Waals surface area (Å²) in [4.78, 5) is 45.1. The number of nitrogen functional groups attached to an aromatic ring is 1. The fourth-order valence-corrected chi connectivity index (χ4v) is 3.31. The van der Waals surface area contributed by atoms with E-state index in [1.165, 1.54) is 5.38 Å². The van der Waals surface area contributed by atoms with Gasteiger partial charge in [0.15, 0.2) is 29.2 Å². The number of aromatic hydroxyl groups is 1. The molecule has 1 fully saturated rings. The van der Waals surface area contributed by atoms with Crippen molar-refractivity contribution >= 4 is 44.4 Å². The monoisotopic (exact) mass is 502 g/mol. The van der Waals surface area contributed by atoms with Crippen LogP contribution in [0, 0.1) is 0 Å². The normalized spacial score (nSPS) is 16.5. The third kappa shape index (κ3) is 5.26. The van der Waals surface area contributed by atoms with Crippen molar-refractivity contribution in [3.63, 3.8) is 0 Å². The quantitative estimate of drug-likeness (QED) is 0.0895. The molecule has 0 aliphatic carbocycles. The van der Waals surface area contributed by atoms with Gasteiger partial charge in [-0.3, -0.25) is 18.9 Å². The summed E-state index contributed by atoms with van der Waals surface area (Å²) in [6.07, 6.45) is 0.730. The number of anilines is 1. The van der Waals surface area contributed by atoms with Crippen molar-refractivity contribution in [3.8, 4) is 5.75 Å².